The summed E-state index contributed by atoms with van der Waals surface area (Å²) in [7, 11) is 0. The first-order chi connectivity index (χ1) is 4.20. The van der Waals surface area contributed by atoms with Crippen LogP contribution in [0, 0.1) is 12.5 Å². The second kappa shape index (κ2) is 4.07. The van der Waals surface area contributed by atoms with Gasteiger partial charge in [-0.1, -0.05) is 20.8 Å². The van der Waals surface area contributed by atoms with Gasteiger partial charge in [0.1, 0.15) is 0 Å². The summed E-state index contributed by atoms with van der Waals surface area (Å²) in [4.78, 5) is 4.23. The van der Waals surface area contributed by atoms with Crippen LogP contribution in [0.5, 0.6) is 0 Å². The quantitative estimate of drug-likeness (QED) is 0.494. The third-order valence-electron chi connectivity index (χ3n) is 1.21. The van der Waals surface area contributed by atoms with Crippen molar-refractivity contribution in [3.8, 4) is 0 Å². The first-order valence-corrected chi connectivity index (χ1v) is 3.28. The van der Waals surface area contributed by atoms with Crippen molar-refractivity contribution in [2.45, 2.75) is 26.8 Å². The molecule has 0 aromatic carbocycles. The minimum atomic E-state index is 0. The molecule has 0 saturated heterocycles. The van der Waals surface area contributed by atoms with E-state index in [-0.39, 0.29) is 25.5 Å². The molecule has 61 valence electrons. The normalized spacial score (nSPS) is 23.6. The van der Waals surface area contributed by atoms with Gasteiger partial charge in [-0.3, -0.25) is 4.99 Å². The van der Waals surface area contributed by atoms with Crippen LogP contribution >= 0.6 is 0 Å². The molecule has 1 radical (unpaired) electrons. The Labute approximate surface area is 74.8 Å². The standard InChI is InChI=1S/C7H12NO.Rh/c1-5(2)7-8-6(3)4-9-7;/h4-6H,1-3H3;/q-1;. The van der Waals surface area contributed by atoms with E-state index in [1.807, 2.05) is 6.92 Å². The molecule has 0 saturated carbocycles. The Kier molecular flexibility index (Phi) is 4.11. The second-order valence-electron chi connectivity index (χ2n) is 2.62. The Morgan fingerprint density at radius 3 is 2.40 bits per heavy atom. The predicted molar refractivity (Wildman–Crippen MR) is 37.1 cm³/mol. The van der Waals surface area contributed by atoms with Crippen molar-refractivity contribution in [2.75, 3.05) is 0 Å². The van der Waals surface area contributed by atoms with E-state index < -0.39 is 0 Å². The van der Waals surface area contributed by atoms with E-state index in [2.05, 4.69) is 18.8 Å². The Balaban J connectivity index is 0.000000810. The van der Waals surface area contributed by atoms with E-state index >= 15 is 0 Å². The van der Waals surface area contributed by atoms with Crippen LogP contribution in [0.3, 0.4) is 0 Å². The zero-order valence-electron chi connectivity index (χ0n) is 6.42. The molecule has 1 atom stereocenters. The maximum atomic E-state index is 5.15. The Morgan fingerprint density at radius 1 is 1.60 bits per heavy atom. The van der Waals surface area contributed by atoms with E-state index in [0.717, 1.165) is 5.90 Å². The van der Waals surface area contributed by atoms with Crippen molar-refractivity contribution in [3.63, 3.8) is 0 Å². The van der Waals surface area contributed by atoms with Crippen LogP contribution in [0.1, 0.15) is 20.8 Å². The minimum Gasteiger partial charge on any atom is -0.650 e. The van der Waals surface area contributed by atoms with Gasteiger partial charge in [0.15, 0.2) is 5.90 Å². The summed E-state index contributed by atoms with van der Waals surface area (Å²) in [6.45, 7) is 7.92. The molecule has 0 aromatic rings. The molecule has 1 heterocycles. The topological polar surface area (TPSA) is 21.6 Å². The number of hydrogen-bond donors (Lipinski definition) is 0. The van der Waals surface area contributed by atoms with Gasteiger partial charge in [0.25, 0.3) is 0 Å². The molecular weight excluding hydrogens is 217 g/mol. The van der Waals surface area contributed by atoms with Gasteiger partial charge in [-0.25, -0.2) is 0 Å². The van der Waals surface area contributed by atoms with Gasteiger partial charge in [0, 0.05) is 25.4 Å². The molecular formula is C7H12NORh-. The third-order valence-corrected chi connectivity index (χ3v) is 1.21. The Hall–Kier alpha value is 0.0934. The van der Waals surface area contributed by atoms with Crippen LogP contribution in [0.4, 0.5) is 0 Å². The number of aliphatic imine (C=N–C) groups is 1. The van der Waals surface area contributed by atoms with Crippen molar-refractivity contribution in [1.82, 2.24) is 0 Å². The molecule has 2 nitrogen and oxygen atoms in total. The smallest absolute Gasteiger partial charge is 0.151 e. The van der Waals surface area contributed by atoms with Crippen LogP contribution in [0.2, 0.25) is 0 Å². The molecule has 1 unspecified atom stereocenters. The molecule has 1 rings (SSSR count). The van der Waals surface area contributed by atoms with Gasteiger partial charge < -0.3 is 4.74 Å². The molecule has 0 fully saturated rings. The largest absolute Gasteiger partial charge is 0.650 e. The maximum Gasteiger partial charge on any atom is 0.151 e. The van der Waals surface area contributed by atoms with Crippen molar-refractivity contribution in [1.29, 1.82) is 0 Å². The number of rotatable bonds is 1. The summed E-state index contributed by atoms with van der Waals surface area (Å²) in [5, 5.41) is 0. The van der Waals surface area contributed by atoms with Gasteiger partial charge in [0.05, 0.1) is 0 Å². The maximum absolute atomic E-state index is 5.15. The molecule has 1 aliphatic heterocycles. The molecule has 0 bridgehead atoms. The van der Waals surface area contributed by atoms with E-state index in [9.17, 15) is 0 Å². The molecule has 0 spiro atoms. The summed E-state index contributed by atoms with van der Waals surface area (Å²) in [6.07, 6.45) is 0. The molecule has 1 aliphatic rings. The fraction of sp³-hybridized carbons (Fsp3) is 0.714. The number of ether oxygens (including phenoxy) is 1. The molecule has 0 aromatic heterocycles. The van der Waals surface area contributed by atoms with E-state index in [4.69, 9.17) is 4.74 Å². The third kappa shape index (κ3) is 2.38. The summed E-state index contributed by atoms with van der Waals surface area (Å²) in [5.41, 5.74) is 0. The number of hydrogen-bond acceptors (Lipinski definition) is 2. The van der Waals surface area contributed by atoms with Gasteiger partial charge in [0.2, 0.25) is 0 Å². The van der Waals surface area contributed by atoms with Crippen LogP contribution < -0.4 is 0 Å². The van der Waals surface area contributed by atoms with Gasteiger partial charge in [-0.15, -0.1) is 6.61 Å². The Bertz CT molecular complexity index is 134. The zero-order valence-corrected chi connectivity index (χ0v) is 8.06. The molecule has 0 N–H and O–H groups in total. The average molecular weight is 229 g/mol. The van der Waals surface area contributed by atoms with Crippen molar-refractivity contribution >= 4 is 5.90 Å². The minimum absolute atomic E-state index is 0. The SMILES string of the molecule is CC1[CH-]OC(C(C)C)=N1.[Rh]. The van der Waals surface area contributed by atoms with Crippen molar-refractivity contribution < 1.29 is 24.2 Å². The molecule has 3 heteroatoms. The Morgan fingerprint density at radius 2 is 2.20 bits per heavy atom. The fourth-order valence-corrected chi connectivity index (χ4v) is 0.715. The van der Waals surface area contributed by atoms with E-state index in [1.54, 1.807) is 6.61 Å². The molecule has 10 heavy (non-hydrogen) atoms. The van der Waals surface area contributed by atoms with Crippen molar-refractivity contribution in [3.05, 3.63) is 6.61 Å². The summed E-state index contributed by atoms with van der Waals surface area (Å²) in [6, 6.07) is 0.252. The van der Waals surface area contributed by atoms with E-state index in [0.29, 0.717) is 5.92 Å². The van der Waals surface area contributed by atoms with Gasteiger partial charge >= 0.3 is 0 Å². The van der Waals surface area contributed by atoms with Gasteiger partial charge in [-0.05, 0) is 6.04 Å². The molecule has 0 amide bonds. The second-order valence-corrected chi connectivity index (χ2v) is 2.62. The zero-order chi connectivity index (χ0) is 6.85. The number of nitrogens with zero attached hydrogens (tertiary/aromatic N) is 1. The van der Waals surface area contributed by atoms with Crippen LogP contribution in [-0.2, 0) is 24.2 Å². The summed E-state index contributed by atoms with van der Waals surface area (Å²) < 4.78 is 5.15. The van der Waals surface area contributed by atoms with Gasteiger partial charge in [-0.2, -0.15) is 0 Å². The molecule has 0 aliphatic carbocycles. The average Bonchev–Trinajstić information content (AvgIpc) is 2.14. The van der Waals surface area contributed by atoms with Crippen LogP contribution in [0.25, 0.3) is 0 Å². The summed E-state index contributed by atoms with van der Waals surface area (Å²) >= 11 is 0. The van der Waals surface area contributed by atoms with Crippen molar-refractivity contribution in [2.24, 2.45) is 10.9 Å². The monoisotopic (exact) mass is 229 g/mol. The van der Waals surface area contributed by atoms with Crippen LogP contribution in [-0.4, -0.2) is 11.9 Å². The first kappa shape index (κ1) is 10.1. The summed E-state index contributed by atoms with van der Waals surface area (Å²) in [5.74, 6) is 1.29. The van der Waals surface area contributed by atoms with E-state index in [1.165, 1.54) is 0 Å². The van der Waals surface area contributed by atoms with Crippen LogP contribution in [0.15, 0.2) is 4.99 Å². The fourth-order valence-electron chi connectivity index (χ4n) is 0.715. The predicted octanol–water partition coefficient (Wildman–Crippen LogP) is 1.62. The first-order valence-electron chi connectivity index (χ1n) is 3.28.